The van der Waals surface area contributed by atoms with Gasteiger partial charge in [0.05, 0.1) is 11.2 Å². The van der Waals surface area contributed by atoms with Crippen LogP contribution in [0.3, 0.4) is 0 Å². The lowest BCUT2D eigenvalue weighted by Crippen LogP contribution is -2.48. The Hall–Kier alpha value is -0.0800. The number of hydrogen-bond acceptors (Lipinski definition) is 2. The minimum Gasteiger partial charge on any atom is -0.369 e. The van der Waals surface area contributed by atoms with Crippen molar-refractivity contribution in [2.24, 2.45) is 11.8 Å². The van der Waals surface area contributed by atoms with Crippen molar-refractivity contribution in [1.29, 1.82) is 0 Å². The van der Waals surface area contributed by atoms with Gasteiger partial charge in [-0.25, -0.2) is 0 Å². The van der Waals surface area contributed by atoms with E-state index in [4.69, 9.17) is 4.74 Å². The van der Waals surface area contributed by atoms with Crippen LogP contribution in [0.1, 0.15) is 67.7 Å². The Bertz CT molecular complexity index is 256. The summed E-state index contributed by atoms with van der Waals surface area (Å²) in [5, 5.41) is 3.74. The van der Waals surface area contributed by atoms with Crippen LogP contribution < -0.4 is 5.32 Å². The van der Waals surface area contributed by atoms with Crippen LogP contribution in [-0.2, 0) is 4.74 Å². The molecule has 0 bridgehead atoms. The Morgan fingerprint density at radius 2 is 1.67 bits per heavy atom. The molecule has 0 spiro atoms. The molecule has 2 heteroatoms. The quantitative estimate of drug-likeness (QED) is 0.774. The van der Waals surface area contributed by atoms with Crippen molar-refractivity contribution >= 4 is 0 Å². The Morgan fingerprint density at radius 3 is 2.00 bits per heavy atom. The van der Waals surface area contributed by atoms with Gasteiger partial charge in [-0.3, -0.25) is 0 Å². The van der Waals surface area contributed by atoms with E-state index in [9.17, 15) is 0 Å². The number of ether oxygens (including phenoxy) is 1. The zero-order valence-corrected chi connectivity index (χ0v) is 13.5. The lowest BCUT2D eigenvalue weighted by molar-refractivity contribution is -0.0797. The third kappa shape index (κ3) is 3.48. The molecule has 1 heterocycles. The highest BCUT2D eigenvalue weighted by molar-refractivity contribution is 5.00. The molecular formula is C16H33NO. The predicted octanol–water partition coefficient (Wildman–Crippen LogP) is 3.99. The van der Waals surface area contributed by atoms with Gasteiger partial charge in [0.2, 0.25) is 0 Å². The lowest BCUT2D eigenvalue weighted by Gasteiger charge is -2.37. The van der Waals surface area contributed by atoms with Gasteiger partial charge >= 0.3 is 0 Å². The molecule has 0 aliphatic carbocycles. The fourth-order valence-electron chi connectivity index (χ4n) is 3.83. The van der Waals surface area contributed by atoms with Gasteiger partial charge in [0.1, 0.15) is 0 Å². The van der Waals surface area contributed by atoms with Crippen molar-refractivity contribution in [2.45, 2.75) is 85.0 Å². The molecule has 1 aliphatic rings. The van der Waals surface area contributed by atoms with E-state index >= 15 is 0 Å². The van der Waals surface area contributed by atoms with Gasteiger partial charge in [0.25, 0.3) is 0 Å². The summed E-state index contributed by atoms with van der Waals surface area (Å²) in [6.45, 7) is 16.9. The summed E-state index contributed by atoms with van der Waals surface area (Å²) in [6, 6.07) is 0.585. The molecule has 2 nitrogen and oxygen atoms in total. The maximum Gasteiger partial charge on any atom is 0.0677 e. The topological polar surface area (TPSA) is 21.3 Å². The smallest absolute Gasteiger partial charge is 0.0677 e. The number of hydrogen-bond donors (Lipinski definition) is 1. The third-order valence-electron chi connectivity index (χ3n) is 4.57. The second-order valence-electron chi connectivity index (χ2n) is 6.94. The molecule has 1 saturated heterocycles. The average Bonchev–Trinajstić information content (AvgIpc) is 2.47. The molecule has 2 unspecified atom stereocenters. The lowest BCUT2D eigenvalue weighted by atomic mass is 9.75. The zero-order valence-electron chi connectivity index (χ0n) is 13.5. The standard InChI is InChI=1S/C16H33NO/c1-8-12(9-2)14(17-10-3)13-11-15(4,5)18-16(13,6)7/h12-14,17H,8-11H2,1-7H3. The van der Waals surface area contributed by atoms with Gasteiger partial charge < -0.3 is 10.1 Å². The van der Waals surface area contributed by atoms with E-state index in [0.29, 0.717) is 12.0 Å². The largest absolute Gasteiger partial charge is 0.369 e. The molecular weight excluding hydrogens is 222 g/mol. The van der Waals surface area contributed by atoms with Crippen LogP contribution in [0.5, 0.6) is 0 Å². The maximum absolute atomic E-state index is 6.28. The molecule has 1 fully saturated rings. The van der Waals surface area contributed by atoms with Crippen LogP contribution in [-0.4, -0.2) is 23.8 Å². The highest BCUT2D eigenvalue weighted by Crippen LogP contribution is 2.45. The fraction of sp³-hybridized carbons (Fsp3) is 1.00. The van der Waals surface area contributed by atoms with Crippen LogP contribution in [0.2, 0.25) is 0 Å². The van der Waals surface area contributed by atoms with E-state index in [1.54, 1.807) is 0 Å². The number of rotatable bonds is 6. The summed E-state index contributed by atoms with van der Waals surface area (Å²) in [6.07, 6.45) is 3.66. The number of nitrogens with one attached hydrogen (secondary N) is 1. The summed E-state index contributed by atoms with van der Waals surface area (Å²) in [5.74, 6) is 1.36. The Morgan fingerprint density at radius 1 is 1.11 bits per heavy atom. The van der Waals surface area contributed by atoms with E-state index in [2.05, 4.69) is 53.8 Å². The summed E-state index contributed by atoms with van der Waals surface area (Å²) in [7, 11) is 0. The highest BCUT2D eigenvalue weighted by atomic mass is 16.5. The van der Waals surface area contributed by atoms with Crippen molar-refractivity contribution < 1.29 is 4.74 Å². The summed E-state index contributed by atoms with van der Waals surface area (Å²) in [4.78, 5) is 0. The molecule has 1 N–H and O–H groups in total. The molecule has 2 atom stereocenters. The van der Waals surface area contributed by atoms with Crippen molar-refractivity contribution in [3.8, 4) is 0 Å². The Kier molecular flexibility index (Phi) is 5.25. The molecule has 0 saturated carbocycles. The molecule has 0 amide bonds. The molecule has 108 valence electrons. The first-order chi connectivity index (χ1) is 8.27. The average molecular weight is 255 g/mol. The Balaban J connectivity index is 2.91. The second kappa shape index (κ2) is 5.92. The molecule has 0 aromatic rings. The Labute approximate surface area is 114 Å². The normalized spacial score (nSPS) is 27.7. The van der Waals surface area contributed by atoms with E-state index < -0.39 is 0 Å². The van der Waals surface area contributed by atoms with Gasteiger partial charge in [0.15, 0.2) is 0 Å². The highest BCUT2D eigenvalue weighted by Gasteiger charge is 2.49. The molecule has 18 heavy (non-hydrogen) atoms. The van der Waals surface area contributed by atoms with Crippen molar-refractivity contribution in [3.05, 3.63) is 0 Å². The zero-order chi connectivity index (χ0) is 14.0. The fourth-order valence-corrected chi connectivity index (χ4v) is 3.83. The first kappa shape index (κ1) is 16.0. The SMILES string of the molecule is CCNC(C(CC)CC)C1CC(C)(C)OC1(C)C. The van der Waals surface area contributed by atoms with Crippen LogP contribution in [0.4, 0.5) is 0 Å². The predicted molar refractivity (Wildman–Crippen MR) is 78.9 cm³/mol. The summed E-state index contributed by atoms with van der Waals surface area (Å²) >= 11 is 0. The van der Waals surface area contributed by atoms with E-state index in [-0.39, 0.29) is 11.2 Å². The van der Waals surface area contributed by atoms with E-state index in [1.807, 2.05) is 0 Å². The van der Waals surface area contributed by atoms with Crippen LogP contribution in [0.15, 0.2) is 0 Å². The van der Waals surface area contributed by atoms with Crippen molar-refractivity contribution in [2.75, 3.05) is 6.54 Å². The van der Waals surface area contributed by atoms with E-state index in [0.717, 1.165) is 18.9 Å². The van der Waals surface area contributed by atoms with E-state index in [1.165, 1.54) is 12.8 Å². The van der Waals surface area contributed by atoms with Crippen LogP contribution >= 0.6 is 0 Å². The van der Waals surface area contributed by atoms with Gasteiger partial charge in [-0.2, -0.15) is 0 Å². The summed E-state index contributed by atoms with van der Waals surface area (Å²) in [5.41, 5.74) is 0.00674. The second-order valence-corrected chi connectivity index (χ2v) is 6.94. The molecule has 0 aromatic carbocycles. The van der Waals surface area contributed by atoms with Gasteiger partial charge in [-0.1, -0.05) is 33.6 Å². The van der Waals surface area contributed by atoms with Crippen molar-refractivity contribution in [3.63, 3.8) is 0 Å². The molecule has 0 aromatic heterocycles. The third-order valence-corrected chi connectivity index (χ3v) is 4.57. The molecule has 1 aliphatic heterocycles. The monoisotopic (exact) mass is 255 g/mol. The minimum absolute atomic E-state index is 0.0150. The minimum atomic E-state index is -0.0150. The summed E-state index contributed by atoms with van der Waals surface area (Å²) < 4.78 is 6.28. The van der Waals surface area contributed by atoms with Gasteiger partial charge in [-0.05, 0) is 46.6 Å². The van der Waals surface area contributed by atoms with Crippen LogP contribution in [0, 0.1) is 11.8 Å². The van der Waals surface area contributed by atoms with Gasteiger partial charge in [-0.15, -0.1) is 0 Å². The first-order valence-electron chi connectivity index (χ1n) is 7.71. The first-order valence-corrected chi connectivity index (χ1v) is 7.71. The maximum atomic E-state index is 6.28. The molecule has 0 radical (unpaired) electrons. The van der Waals surface area contributed by atoms with Crippen LogP contribution in [0.25, 0.3) is 0 Å². The molecule has 1 rings (SSSR count). The van der Waals surface area contributed by atoms with Crippen molar-refractivity contribution in [1.82, 2.24) is 5.32 Å². The van der Waals surface area contributed by atoms with Gasteiger partial charge in [0, 0.05) is 12.0 Å².